The minimum atomic E-state index is 0.237. The lowest BCUT2D eigenvalue weighted by Gasteiger charge is -2.58. The van der Waals surface area contributed by atoms with Crippen LogP contribution in [0.25, 0.3) is 0 Å². The van der Waals surface area contributed by atoms with Gasteiger partial charge in [0, 0.05) is 26.1 Å². The van der Waals surface area contributed by atoms with Gasteiger partial charge in [0.1, 0.15) is 0 Å². The van der Waals surface area contributed by atoms with Gasteiger partial charge in [0.25, 0.3) is 0 Å². The SMILES string of the molecule is CCN1CC2(CC(C(=O)NC)C2)C1. The van der Waals surface area contributed by atoms with Crippen LogP contribution in [-0.2, 0) is 4.79 Å². The summed E-state index contributed by atoms with van der Waals surface area (Å²) < 4.78 is 0. The van der Waals surface area contributed by atoms with Crippen molar-refractivity contribution in [1.29, 1.82) is 0 Å². The molecule has 1 amide bonds. The zero-order valence-electron chi connectivity index (χ0n) is 8.47. The number of amides is 1. The van der Waals surface area contributed by atoms with E-state index in [9.17, 15) is 4.79 Å². The number of carbonyl (C=O) groups is 1. The van der Waals surface area contributed by atoms with E-state index in [1.165, 1.54) is 13.1 Å². The van der Waals surface area contributed by atoms with Crippen LogP contribution in [-0.4, -0.2) is 37.5 Å². The van der Waals surface area contributed by atoms with Crippen LogP contribution in [0.1, 0.15) is 19.8 Å². The van der Waals surface area contributed by atoms with E-state index in [2.05, 4.69) is 17.1 Å². The molecule has 3 nitrogen and oxygen atoms in total. The van der Waals surface area contributed by atoms with Crippen LogP contribution >= 0.6 is 0 Å². The summed E-state index contributed by atoms with van der Waals surface area (Å²) in [5, 5.41) is 2.73. The molecule has 1 heterocycles. The lowest BCUT2D eigenvalue weighted by molar-refractivity contribution is -0.143. The van der Waals surface area contributed by atoms with E-state index in [-0.39, 0.29) is 5.91 Å². The fraction of sp³-hybridized carbons (Fsp3) is 0.900. The van der Waals surface area contributed by atoms with Gasteiger partial charge < -0.3 is 10.2 Å². The molecule has 1 aliphatic carbocycles. The van der Waals surface area contributed by atoms with E-state index < -0.39 is 0 Å². The van der Waals surface area contributed by atoms with Crippen molar-refractivity contribution in [1.82, 2.24) is 10.2 Å². The largest absolute Gasteiger partial charge is 0.359 e. The minimum absolute atomic E-state index is 0.237. The molecule has 1 saturated heterocycles. The Morgan fingerprint density at radius 3 is 2.62 bits per heavy atom. The zero-order valence-corrected chi connectivity index (χ0v) is 8.47. The molecule has 1 aliphatic heterocycles. The molecule has 1 spiro atoms. The van der Waals surface area contributed by atoms with Crippen LogP contribution in [0, 0.1) is 11.3 Å². The smallest absolute Gasteiger partial charge is 0.222 e. The van der Waals surface area contributed by atoms with E-state index in [4.69, 9.17) is 0 Å². The first-order chi connectivity index (χ1) is 6.19. The van der Waals surface area contributed by atoms with Gasteiger partial charge in [-0.15, -0.1) is 0 Å². The molecule has 3 heteroatoms. The fourth-order valence-electron chi connectivity index (χ4n) is 2.76. The summed E-state index contributed by atoms with van der Waals surface area (Å²) in [4.78, 5) is 13.7. The second kappa shape index (κ2) is 2.98. The molecule has 2 fully saturated rings. The third-order valence-corrected chi connectivity index (χ3v) is 3.54. The molecule has 0 atom stereocenters. The molecule has 2 rings (SSSR count). The van der Waals surface area contributed by atoms with Gasteiger partial charge in [-0.05, 0) is 24.8 Å². The van der Waals surface area contributed by atoms with Crippen molar-refractivity contribution < 1.29 is 4.79 Å². The number of carbonyl (C=O) groups excluding carboxylic acids is 1. The molecule has 1 saturated carbocycles. The molecular weight excluding hydrogens is 164 g/mol. The van der Waals surface area contributed by atoms with Crippen molar-refractivity contribution >= 4 is 5.91 Å². The second-order valence-electron chi connectivity index (χ2n) is 4.52. The fourth-order valence-corrected chi connectivity index (χ4v) is 2.76. The van der Waals surface area contributed by atoms with Crippen molar-refractivity contribution in [2.75, 3.05) is 26.7 Å². The number of hydrogen-bond donors (Lipinski definition) is 1. The second-order valence-corrected chi connectivity index (χ2v) is 4.52. The van der Waals surface area contributed by atoms with E-state index >= 15 is 0 Å². The van der Waals surface area contributed by atoms with Crippen LogP contribution in [0.5, 0.6) is 0 Å². The average molecular weight is 182 g/mol. The highest BCUT2D eigenvalue weighted by molar-refractivity contribution is 5.79. The van der Waals surface area contributed by atoms with E-state index in [1.807, 2.05) is 0 Å². The standard InChI is InChI=1S/C10H18N2O/c1-3-12-6-10(7-12)4-8(5-10)9(13)11-2/h8H,3-7H2,1-2H3,(H,11,13). The minimum Gasteiger partial charge on any atom is -0.359 e. The van der Waals surface area contributed by atoms with Gasteiger partial charge in [0.05, 0.1) is 0 Å². The Balaban J connectivity index is 1.76. The van der Waals surface area contributed by atoms with Gasteiger partial charge in [0.2, 0.25) is 5.91 Å². The predicted octanol–water partition coefficient (Wildman–Crippen LogP) is 0.464. The Hall–Kier alpha value is -0.570. The summed E-state index contributed by atoms with van der Waals surface area (Å²) in [6, 6.07) is 0. The zero-order chi connectivity index (χ0) is 9.47. The van der Waals surface area contributed by atoms with Crippen molar-refractivity contribution in [2.24, 2.45) is 11.3 Å². The van der Waals surface area contributed by atoms with Gasteiger partial charge in [-0.2, -0.15) is 0 Å². The van der Waals surface area contributed by atoms with Crippen LogP contribution in [0.15, 0.2) is 0 Å². The summed E-state index contributed by atoms with van der Waals surface area (Å²) in [5.41, 5.74) is 0.535. The number of nitrogens with one attached hydrogen (secondary N) is 1. The Bertz CT molecular complexity index is 213. The Morgan fingerprint density at radius 2 is 2.15 bits per heavy atom. The van der Waals surface area contributed by atoms with Crippen LogP contribution in [0.2, 0.25) is 0 Å². The van der Waals surface area contributed by atoms with Gasteiger partial charge in [-0.25, -0.2) is 0 Å². The van der Waals surface area contributed by atoms with Crippen molar-refractivity contribution in [3.05, 3.63) is 0 Å². The first-order valence-electron chi connectivity index (χ1n) is 5.13. The molecule has 74 valence electrons. The Labute approximate surface area is 79.5 Å². The Kier molecular flexibility index (Phi) is 2.06. The lowest BCUT2D eigenvalue weighted by atomic mass is 9.57. The van der Waals surface area contributed by atoms with Crippen LogP contribution < -0.4 is 5.32 Å². The predicted molar refractivity (Wildman–Crippen MR) is 51.3 cm³/mol. The van der Waals surface area contributed by atoms with Gasteiger partial charge in [-0.3, -0.25) is 4.79 Å². The molecule has 0 unspecified atom stereocenters. The van der Waals surface area contributed by atoms with E-state index in [0.717, 1.165) is 19.4 Å². The number of nitrogens with zero attached hydrogens (tertiary/aromatic N) is 1. The van der Waals surface area contributed by atoms with E-state index in [0.29, 0.717) is 11.3 Å². The van der Waals surface area contributed by atoms with E-state index in [1.54, 1.807) is 7.05 Å². The topological polar surface area (TPSA) is 32.3 Å². The highest BCUT2D eigenvalue weighted by atomic mass is 16.1. The van der Waals surface area contributed by atoms with Gasteiger partial charge >= 0.3 is 0 Å². The summed E-state index contributed by atoms with van der Waals surface area (Å²) in [6.07, 6.45) is 2.23. The summed E-state index contributed by atoms with van der Waals surface area (Å²) >= 11 is 0. The maximum Gasteiger partial charge on any atom is 0.222 e. The number of hydrogen-bond acceptors (Lipinski definition) is 2. The number of likely N-dealkylation sites (tertiary alicyclic amines) is 1. The third kappa shape index (κ3) is 1.35. The van der Waals surface area contributed by atoms with Crippen LogP contribution in [0.3, 0.4) is 0 Å². The van der Waals surface area contributed by atoms with Gasteiger partial charge in [-0.1, -0.05) is 6.92 Å². The number of rotatable bonds is 2. The summed E-state index contributed by atoms with van der Waals surface area (Å²) in [5.74, 6) is 0.546. The van der Waals surface area contributed by atoms with Gasteiger partial charge in [0.15, 0.2) is 0 Å². The molecular formula is C10H18N2O. The molecule has 13 heavy (non-hydrogen) atoms. The van der Waals surface area contributed by atoms with Crippen molar-refractivity contribution in [2.45, 2.75) is 19.8 Å². The first-order valence-corrected chi connectivity index (χ1v) is 5.13. The van der Waals surface area contributed by atoms with Crippen molar-refractivity contribution in [3.63, 3.8) is 0 Å². The highest BCUT2D eigenvalue weighted by Crippen LogP contribution is 2.51. The first kappa shape index (κ1) is 9.00. The molecule has 0 aromatic carbocycles. The summed E-state index contributed by atoms with van der Waals surface area (Å²) in [7, 11) is 1.73. The average Bonchev–Trinajstić information content (AvgIpc) is 1.99. The maximum atomic E-state index is 11.2. The molecule has 0 aromatic rings. The molecule has 0 radical (unpaired) electrons. The van der Waals surface area contributed by atoms with Crippen LogP contribution in [0.4, 0.5) is 0 Å². The normalized spacial score (nSPS) is 26.6. The summed E-state index contributed by atoms with van der Waals surface area (Å²) in [6.45, 7) is 5.79. The Morgan fingerprint density at radius 1 is 1.54 bits per heavy atom. The van der Waals surface area contributed by atoms with Crippen molar-refractivity contribution in [3.8, 4) is 0 Å². The molecule has 0 bridgehead atoms. The molecule has 1 N–H and O–H groups in total. The highest BCUT2D eigenvalue weighted by Gasteiger charge is 2.53. The molecule has 0 aromatic heterocycles. The molecule has 2 aliphatic rings. The maximum absolute atomic E-state index is 11.2. The lowest BCUT2D eigenvalue weighted by Crippen LogP contribution is -2.63. The monoisotopic (exact) mass is 182 g/mol. The quantitative estimate of drug-likeness (QED) is 0.673. The third-order valence-electron chi connectivity index (χ3n) is 3.54.